The number of pyridine rings is 1. The number of thiophene rings is 1. The number of rotatable bonds is 7. The Kier molecular flexibility index (Phi) is 5.58. The fraction of sp³-hybridized carbons (Fsp3) is 0.211. The zero-order valence-electron chi connectivity index (χ0n) is 14.7. The lowest BCUT2D eigenvalue weighted by Crippen LogP contribution is -2.12. The maximum Gasteiger partial charge on any atom is 0.272 e. The van der Waals surface area contributed by atoms with Gasteiger partial charge in [0.15, 0.2) is 0 Å². The second-order valence-electron chi connectivity index (χ2n) is 5.95. The van der Waals surface area contributed by atoms with E-state index >= 15 is 0 Å². The fourth-order valence-electron chi connectivity index (χ4n) is 2.47. The highest BCUT2D eigenvalue weighted by Crippen LogP contribution is 2.24. The van der Waals surface area contributed by atoms with Crippen molar-refractivity contribution in [1.82, 2.24) is 4.98 Å². The Morgan fingerprint density at radius 1 is 1.12 bits per heavy atom. The van der Waals surface area contributed by atoms with Crippen LogP contribution >= 0.6 is 11.3 Å². The van der Waals surface area contributed by atoms with Gasteiger partial charge in [0.1, 0.15) is 10.0 Å². The van der Waals surface area contributed by atoms with Gasteiger partial charge in [-0.25, -0.2) is 13.4 Å². The Balaban J connectivity index is 1.63. The molecule has 3 rings (SSSR count). The SMILES string of the molecule is CCc1ccc(S(=O)(=O)Nc2ccc(NCc3cccc(C)c3)cn2)s1. The lowest BCUT2D eigenvalue weighted by atomic mass is 10.1. The van der Waals surface area contributed by atoms with Crippen molar-refractivity contribution in [3.63, 3.8) is 0 Å². The molecule has 0 bridgehead atoms. The summed E-state index contributed by atoms with van der Waals surface area (Å²) < 4.78 is 27.6. The lowest BCUT2D eigenvalue weighted by molar-refractivity contribution is 0.603. The van der Waals surface area contributed by atoms with Crippen LogP contribution in [-0.2, 0) is 23.0 Å². The van der Waals surface area contributed by atoms with E-state index in [0.29, 0.717) is 16.6 Å². The van der Waals surface area contributed by atoms with Gasteiger partial charge in [0, 0.05) is 11.4 Å². The van der Waals surface area contributed by atoms with Crippen molar-refractivity contribution >= 4 is 32.9 Å². The van der Waals surface area contributed by atoms with Crippen LogP contribution in [0.1, 0.15) is 22.9 Å². The highest BCUT2D eigenvalue weighted by molar-refractivity contribution is 7.94. The molecule has 2 N–H and O–H groups in total. The molecule has 0 aliphatic carbocycles. The molecule has 0 saturated carbocycles. The third-order valence-electron chi connectivity index (χ3n) is 3.83. The van der Waals surface area contributed by atoms with Crippen LogP contribution < -0.4 is 10.0 Å². The van der Waals surface area contributed by atoms with Crippen molar-refractivity contribution in [3.05, 3.63) is 70.7 Å². The van der Waals surface area contributed by atoms with Gasteiger partial charge >= 0.3 is 0 Å². The van der Waals surface area contributed by atoms with Crippen LogP contribution in [0.15, 0.2) is 58.9 Å². The minimum Gasteiger partial charge on any atom is -0.380 e. The van der Waals surface area contributed by atoms with E-state index in [2.05, 4.69) is 40.1 Å². The predicted octanol–water partition coefficient (Wildman–Crippen LogP) is 4.43. The molecule has 0 fully saturated rings. The zero-order chi connectivity index (χ0) is 18.6. The normalized spacial score (nSPS) is 11.3. The van der Waals surface area contributed by atoms with Crippen molar-refractivity contribution in [2.24, 2.45) is 0 Å². The van der Waals surface area contributed by atoms with Crippen LogP contribution in [0.3, 0.4) is 0 Å². The predicted molar refractivity (Wildman–Crippen MR) is 107 cm³/mol. The van der Waals surface area contributed by atoms with Gasteiger partial charge in [0.2, 0.25) is 0 Å². The lowest BCUT2D eigenvalue weighted by Gasteiger charge is -2.09. The second kappa shape index (κ2) is 7.88. The fourth-order valence-corrected chi connectivity index (χ4v) is 4.77. The molecule has 1 aromatic carbocycles. The number of aryl methyl sites for hydroxylation is 2. The van der Waals surface area contributed by atoms with Gasteiger partial charge in [0.25, 0.3) is 10.0 Å². The minimum absolute atomic E-state index is 0.303. The standard InChI is InChI=1S/C19H21N3O2S2/c1-3-17-8-10-19(25-17)26(23,24)22-18-9-7-16(13-21-18)20-12-15-6-4-5-14(2)11-15/h4-11,13,20H,3,12H2,1-2H3,(H,21,22). The zero-order valence-corrected chi connectivity index (χ0v) is 16.3. The monoisotopic (exact) mass is 387 g/mol. The summed E-state index contributed by atoms with van der Waals surface area (Å²) in [5, 5.41) is 3.28. The molecule has 5 nitrogen and oxygen atoms in total. The quantitative estimate of drug-likeness (QED) is 0.629. The summed E-state index contributed by atoms with van der Waals surface area (Å²) in [5.74, 6) is 0.303. The van der Waals surface area contributed by atoms with Crippen LogP contribution in [0.5, 0.6) is 0 Å². The first-order valence-corrected chi connectivity index (χ1v) is 10.6. The summed E-state index contributed by atoms with van der Waals surface area (Å²) in [6.07, 6.45) is 2.44. The molecule has 136 valence electrons. The highest BCUT2D eigenvalue weighted by atomic mass is 32.2. The van der Waals surface area contributed by atoms with Crippen LogP contribution in [0.4, 0.5) is 11.5 Å². The molecule has 3 aromatic rings. The van der Waals surface area contributed by atoms with E-state index in [1.165, 1.54) is 22.5 Å². The Hall–Kier alpha value is -2.38. The molecule has 0 spiro atoms. The van der Waals surface area contributed by atoms with Crippen molar-refractivity contribution < 1.29 is 8.42 Å². The molecule has 0 saturated heterocycles. The summed E-state index contributed by atoms with van der Waals surface area (Å²) in [7, 11) is -3.59. The molecule has 2 heterocycles. The first-order valence-electron chi connectivity index (χ1n) is 8.33. The number of hydrogen-bond acceptors (Lipinski definition) is 5. The maximum atomic E-state index is 12.4. The molecule has 7 heteroatoms. The van der Waals surface area contributed by atoms with Crippen LogP contribution in [0.2, 0.25) is 0 Å². The van der Waals surface area contributed by atoms with Crippen LogP contribution in [-0.4, -0.2) is 13.4 Å². The molecule has 0 radical (unpaired) electrons. The number of aromatic nitrogens is 1. The van der Waals surface area contributed by atoms with E-state index in [9.17, 15) is 8.42 Å². The first kappa shape index (κ1) is 18.4. The van der Waals surface area contributed by atoms with E-state index in [1.807, 2.05) is 25.1 Å². The molecule has 0 aliphatic rings. The number of anilines is 2. The van der Waals surface area contributed by atoms with Gasteiger partial charge in [-0.3, -0.25) is 4.72 Å². The molecule has 26 heavy (non-hydrogen) atoms. The molecular weight excluding hydrogens is 366 g/mol. The largest absolute Gasteiger partial charge is 0.380 e. The topological polar surface area (TPSA) is 71.1 Å². The average Bonchev–Trinajstić information content (AvgIpc) is 3.11. The molecule has 0 amide bonds. The Morgan fingerprint density at radius 3 is 2.62 bits per heavy atom. The molecule has 0 atom stereocenters. The third kappa shape index (κ3) is 4.62. The Bertz CT molecular complexity index is 980. The summed E-state index contributed by atoms with van der Waals surface area (Å²) in [4.78, 5) is 5.23. The van der Waals surface area contributed by atoms with Gasteiger partial charge in [-0.1, -0.05) is 36.8 Å². The number of benzene rings is 1. The molecular formula is C19H21N3O2S2. The Labute approximate surface area is 158 Å². The van der Waals surface area contributed by atoms with Crippen molar-refractivity contribution in [1.29, 1.82) is 0 Å². The van der Waals surface area contributed by atoms with Crippen molar-refractivity contribution in [2.75, 3.05) is 10.0 Å². The number of sulfonamides is 1. The summed E-state index contributed by atoms with van der Waals surface area (Å²) in [6.45, 7) is 4.74. The van der Waals surface area contributed by atoms with Gasteiger partial charge in [-0.2, -0.15) is 0 Å². The van der Waals surface area contributed by atoms with E-state index in [-0.39, 0.29) is 0 Å². The number of nitrogens with zero attached hydrogens (tertiary/aromatic N) is 1. The molecule has 0 aliphatic heterocycles. The molecule has 0 unspecified atom stereocenters. The van der Waals surface area contributed by atoms with Gasteiger partial charge in [-0.15, -0.1) is 11.3 Å². The van der Waals surface area contributed by atoms with E-state index < -0.39 is 10.0 Å². The first-order chi connectivity index (χ1) is 12.5. The van der Waals surface area contributed by atoms with Crippen LogP contribution in [0, 0.1) is 6.92 Å². The van der Waals surface area contributed by atoms with Crippen molar-refractivity contribution in [2.45, 2.75) is 31.0 Å². The summed E-state index contributed by atoms with van der Waals surface area (Å²) in [6, 6.07) is 15.2. The highest BCUT2D eigenvalue weighted by Gasteiger charge is 2.17. The van der Waals surface area contributed by atoms with Crippen LogP contribution in [0.25, 0.3) is 0 Å². The van der Waals surface area contributed by atoms with Gasteiger partial charge in [-0.05, 0) is 43.2 Å². The van der Waals surface area contributed by atoms with Gasteiger partial charge < -0.3 is 5.32 Å². The number of nitrogens with one attached hydrogen (secondary N) is 2. The Morgan fingerprint density at radius 2 is 1.96 bits per heavy atom. The van der Waals surface area contributed by atoms with E-state index in [0.717, 1.165) is 17.0 Å². The minimum atomic E-state index is -3.59. The van der Waals surface area contributed by atoms with E-state index in [1.54, 1.807) is 18.3 Å². The van der Waals surface area contributed by atoms with E-state index in [4.69, 9.17) is 0 Å². The molecule has 2 aromatic heterocycles. The van der Waals surface area contributed by atoms with Gasteiger partial charge in [0.05, 0.1) is 11.9 Å². The number of hydrogen-bond donors (Lipinski definition) is 2. The summed E-state index contributed by atoms with van der Waals surface area (Å²) >= 11 is 1.28. The second-order valence-corrected chi connectivity index (χ2v) is 9.03. The average molecular weight is 388 g/mol. The third-order valence-corrected chi connectivity index (χ3v) is 6.91. The maximum absolute atomic E-state index is 12.4. The smallest absolute Gasteiger partial charge is 0.272 e. The summed E-state index contributed by atoms with van der Waals surface area (Å²) in [5.41, 5.74) is 3.23. The van der Waals surface area contributed by atoms with Crippen molar-refractivity contribution in [3.8, 4) is 0 Å².